The molecule has 1 saturated carbocycles. The zero-order valence-electron chi connectivity index (χ0n) is 11.6. The normalized spacial score (nSPS) is 19.8. The second-order valence-electron chi connectivity index (χ2n) is 6.08. The van der Waals surface area contributed by atoms with Gasteiger partial charge in [-0.15, -0.1) is 0 Å². The monoisotopic (exact) mass is 271 g/mol. The minimum Gasteiger partial charge on any atom is -0.384 e. The first-order valence-electron chi connectivity index (χ1n) is 6.74. The third kappa shape index (κ3) is 2.19. The van der Waals surface area contributed by atoms with Crippen molar-refractivity contribution in [3.63, 3.8) is 0 Å². The molecule has 1 fully saturated rings. The van der Waals surface area contributed by atoms with Crippen LogP contribution in [-0.2, 0) is 0 Å². The van der Waals surface area contributed by atoms with Crippen LogP contribution in [0.1, 0.15) is 20.3 Å². The van der Waals surface area contributed by atoms with Gasteiger partial charge in [0.2, 0.25) is 0 Å². The molecule has 5 heteroatoms. The van der Waals surface area contributed by atoms with Crippen LogP contribution in [0.2, 0.25) is 0 Å². The van der Waals surface area contributed by atoms with Crippen LogP contribution in [0.4, 0.5) is 11.4 Å². The number of nitrogens with zero attached hydrogens (tertiary/aromatic N) is 2. The number of benzene rings is 1. The number of hydrogen-bond donors (Lipinski definition) is 1. The van der Waals surface area contributed by atoms with Crippen molar-refractivity contribution in [1.29, 1.82) is 0 Å². The molecule has 0 radical (unpaired) electrons. The molecule has 1 N–H and O–H groups in total. The fourth-order valence-electron chi connectivity index (χ4n) is 2.65. The Balaban J connectivity index is 1.92. The zero-order valence-corrected chi connectivity index (χ0v) is 11.6. The van der Waals surface area contributed by atoms with E-state index in [0.717, 1.165) is 17.6 Å². The molecule has 3 rings (SSSR count). The molecule has 1 unspecified atom stereocenters. The van der Waals surface area contributed by atoms with Gasteiger partial charge in [-0.2, -0.15) is 0 Å². The van der Waals surface area contributed by atoms with Crippen LogP contribution in [0.3, 0.4) is 0 Å². The molecule has 0 aliphatic heterocycles. The van der Waals surface area contributed by atoms with Crippen LogP contribution in [0.5, 0.6) is 0 Å². The predicted octanol–water partition coefficient (Wildman–Crippen LogP) is 3.60. The lowest BCUT2D eigenvalue weighted by Crippen LogP contribution is -2.07. The molecule has 1 atom stereocenters. The van der Waals surface area contributed by atoms with E-state index in [1.54, 1.807) is 30.6 Å². The molecule has 20 heavy (non-hydrogen) atoms. The van der Waals surface area contributed by atoms with Gasteiger partial charge in [0, 0.05) is 36.1 Å². The lowest BCUT2D eigenvalue weighted by molar-refractivity contribution is -0.383. The summed E-state index contributed by atoms with van der Waals surface area (Å²) in [5.74, 6) is 0.671. The van der Waals surface area contributed by atoms with Crippen molar-refractivity contribution in [2.75, 3.05) is 11.9 Å². The van der Waals surface area contributed by atoms with Crippen molar-refractivity contribution in [1.82, 2.24) is 4.98 Å². The van der Waals surface area contributed by atoms with Crippen LogP contribution < -0.4 is 5.32 Å². The van der Waals surface area contributed by atoms with Crippen LogP contribution in [0, 0.1) is 21.4 Å². The van der Waals surface area contributed by atoms with Crippen molar-refractivity contribution >= 4 is 22.1 Å². The smallest absolute Gasteiger partial charge is 0.277 e. The van der Waals surface area contributed by atoms with Gasteiger partial charge in [0.25, 0.3) is 5.69 Å². The molecule has 0 saturated heterocycles. The van der Waals surface area contributed by atoms with E-state index in [2.05, 4.69) is 24.1 Å². The van der Waals surface area contributed by atoms with Gasteiger partial charge in [-0.3, -0.25) is 15.1 Å². The number of rotatable bonds is 4. The van der Waals surface area contributed by atoms with E-state index in [4.69, 9.17) is 0 Å². The van der Waals surface area contributed by atoms with Crippen LogP contribution >= 0.6 is 0 Å². The van der Waals surface area contributed by atoms with E-state index in [1.165, 1.54) is 6.42 Å². The maximum absolute atomic E-state index is 11.1. The topological polar surface area (TPSA) is 68.1 Å². The first-order valence-corrected chi connectivity index (χ1v) is 6.74. The average Bonchev–Trinajstić information content (AvgIpc) is 3.03. The lowest BCUT2D eigenvalue weighted by Gasteiger charge is -2.10. The second kappa shape index (κ2) is 4.44. The highest BCUT2D eigenvalue weighted by atomic mass is 16.6. The van der Waals surface area contributed by atoms with E-state index in [-0.39, 0.29) is 10.6 Å². The molecule has 0 amide bonds. The van der Waals surface area contributed by atoms with Crippen molar-refractivity contribution in [3.05, 3.63) is 40.7 Å². The molecule has 2 aromatic rings. The summed E-state index contributed by atoms with van der Waals surface area (Å²) >= 11 is 0. The number of anilines is 1. The molecular weight excluding hydrogens is 254 g/mol. The summed E-state index contributed by atoms with van der Waals surface area (Å²) in [4.78, 5) is 14.8. The molecular formula is C15H17N3O2. The number of nitro benzene ring substituents is 1. The fourth-order valence-corrected chi connectivity index (χ4v) is 2.65. The predicted molar refractivity (Wildman–Crippen MR) is 78.8 cm³/mol. The summed E-state index contributed by atoms with van der Waals surface area (Å²) < 4.78 is 0. The highest BCUT2D eigenvalue weighted by Crippen LogP contribution is 2.51. The van der Waals surface area contributed by atoms with Crippen LogP contribution in [-0.4, -0.2) is 16.5 Å². The van der Waals surface area contributed by atoms with E-state index in [0.29, 0.717) is 16.7 Å². The van der Waals surface area contributed by atoms with E-state index >= 15 is 0 Å². The molecule has 5 nitrogen and oxygen atoms in total. The summed E-state index contributed by atoms with van der Waals surface area (Å²) in [5, 5.41) is 15.9. The third-order valence-electron chi connectivity index (χ3n) is 4.25. The minimum atomic E-state index is -0.351. The quantitative estimate of drug-likeness (QED) is 0.681. The number of nitro groups is 1. The Hall–Kier alpha value is -2.17. The molecule has 1 heterocycles. The Morgan fingerprint density at radius 3 is 2.80 bits per heavy atom. The lowest BCUT2D eigenvalue weighted by atomic mass is 10.1. The molecule has 1 aliphatic carbocycles. The van der Waals surface area contributed by atoms with Crippen molar-refractivity contribution < 1.29 is 4.92 Å². The maximum Gasteiger partial charge on any atom is 0.277 e. The number of non-ortho nitro benzene ring substituents is 1. The zero-order chi connectivity index (χ0) is 14.3. The number of fused-ring (bicyclic) bond motifs is 1. The van der Waals surface area contributed by atoms with Gasteiger partial charge in [-0.05, 0) is 29.9 Å². The number of pyridine rings is 1. The van der Waals surface area contributed by atoms with Gasteiger partial charge < -0.3 is 5.32 Å². The fraction of sp³-hybridized carbons (Fsp3) is 0.400. The molecule has 1 aromatic heterocycles. The highest BCUT2D eigenvalue weighted by molar-refractivity contribution is 5.99. The number of nitrogens with one attached hydrogen (secondary N) is 1. The second-order valence-corrected chi connectivity index (χ2v) is 6.08. The van der Waals surface area contributed by atoms with Gasteiger partial charge >= 0.3 is 0 Å². The summed E-state index contributed by atoms with van der Waals surface area (Å²) in [6.07, 6.45) is 4.50. The van der Waals surface area contributed by atoms with E-state index < -0.39 is 0 Å². The molecule has 1 aliphatic rings. The number of aromatic nitrogens is 1. The van der Waals surface area contributed by atoms with Crippen molar-refractivity contribution in [2.45, 2.75) is 20.3 Å². The summed E-state index contributed by atoms with van der Waals surface area (Å²) in [6, 6.07) is 5.03. The number of hydrogen-bond acceptors (Lipinski definition) is 4. The van der Waals surface area contributed by atoms with Crippen LogP contribution in [0.25, 0.3) is 10.8 Å². The first kappa shape index (κ1) is 12.8. The van der Waals surface area contributed by atoms with Gasteiger partial charge in [-0.1, -0.05) is 13.8 Å². The Labute approximate surface area is 117 Å². The van der Waals surface area contributed by atoms with Crippen molar-refractivity contribution in [2.24, 2.45) is 11.3 Å². The SMILES string of the molecule is CC1(C)CC1CNc1ccc([N+](=O)[O-])c2ccncc12. The van der Waals surface area contributed by atoms with Crippen LogP contribution in [0.15, 0.2) is 30.6 Å². The van der Waals surface area contributed by atoms with Crippen molar-refractivity contribution in [3.8, 4) is 0 Å². The highest BCUT2D eigenvalue weighted by Gasteiger charge is 2.44. The Morgan fingerprint density at radius 2 is 2.15 bits per heavy atom. The Morgan fingerprint density at radius 1 is 1.40 bits per heavy atom. The molecule has 1 aromatic carbocycles. The molecule has 0 bridgehead atoms. The standard InChI is InChI=1S/C15H17N3O2/c1-15(2)7-10(15)8-17-13-3-4-14(18(19)20)11-5-6-16-9-12(11)13/h3-6,9-10,17H,7-8H2,1-2H3. The summed E-state index contributed by atoms with van der Waals surface area (Å²) in [7, 11) is 0. The Kier molecular flexibility index (Phi) is 2.85. The van der Waals surface area contributed by atoms with E-state index in [9.17, 15) is 10.1 Å². The first-order chi connectivity index (χ1) is 9.49. The summed E-state index contributed by atoms with van der Waals surface area (Å²) in [5.41, 5.74) is 1.46. The average molecular weight is 271 g/mol. The largest absolute Gasteiger partial charge is 0.384 e. The third-order valence-corrected chi connectivity index (χ3v) is 4.25. The molecule has 0 spiro atoms. The van der Waals surface area contributed by atoms with Gasteiger partial charge in [0.1, 0.15) is 0 Å². The minimum absolute atomic E-state index is 0.125. The van der Waals surface area contributed by atoms with Gasteiger partial charge in [0.05, 0.1) is 10.3 Å². The Bertz CT molecular complexity index is 682. The van der Waals surface area contributed by atoms with Gasteiger partial charge in [0.15, 0.2) is 0 Å². The maximum atomic E-state index is 11.1. The molecule has 104 valence electrons. The van der Waals surface area contributed by atoms with E-state index in [1.807, 2.05) is 0 Å². The summed E-state index contributed by atoms with van der Waals surface area (Å²) in [6.45, 7) is 5.42. The van der Waals surface area contributed by atoms with Gasteiger partial charge in [-0.25, -0.2) is 0 Å².